The second kappa shape index (κ2) is 12.9. The molecule has 0 radical (unpaired) electrons. The van der Waals surface area contributed by atoms with Gasteiger partial charge in [0, 0.05) is 42.6 Å². The quantitative estimate of drug-likeness (QED) is 0.242. The molecule has 3 aliphatic rings. The van der Waals surface area contributed by atoms with Crippen LogP contribution in [-0.4, -0.2) is 63.2 Å². The number of piperidine rings is 1. The summed E-state index contributed by atoms with van der Waals surface area (Å²) in [6, 6.07) is 16.7. The molecular weight excluding hydrogens is 592 g/mol. The van der Waals surface area contributed by atoms with Gasteiger partial charge in [0.05, 0.1) is 29.1 Å². The van der Waals surface area contributed by atoms with Gasteiger partial charge in [-0.25, -0.2) is 9.78 Å². The fourth-order valence-corrected chi connectivity index (χ4v) is 6.70. The van der Waals surface area contributed by atoms with E-state index in [1.807, 2.05) is 44.3 Å². The average Bonchev–Trinajstić information content (AvgIpc) is 3.44. The normalized spacial score (nSPS) is 21.3. The van der Waals surface area contributed by atoms with Gasteiger partial charge in [-0.3, -0.25) is 0 Å². The van der Waals surface area contributed by atoms with Crippen LogP contribution < -0.4 is 9.64 Å². The first-order valence-electron chi connectivity index (χ1n) is 16.8. The molecular formula is C38H48N4O5. The highest BCUT2D eigenvalue weighted by atomic mass is 16.5. The Labute approximate surface area is 277 Å². The summed E-state index contributed by atoms with van der Waals surface area (Å²) in [5.74, 6) is 0.907. The number of aromatic nitrogens is 3. The van der Waals surface area contributed by atoms with Crippen molar-refractivity contribution in [2.75, 3.05) is 31.2 Å². The van der Waals surface area contributed by atoms with Gasteiger partial charge in [-0.15, -0.1) is 0 Å². The first kappa shape index (κ1) is 33.0. The lowest BCUT2D eigenvalue weighted by molar-refractivity contribution is -0.160. The summed E-state index contributed by atoms with van der Waals surface area (Å²) in [4.78, 5) is 20.0. The largest absolute Gasteiger partial charge is 0.493 e. The van der Waals surface area contributed by atoms with Gasteiger partial charge in [0.15, 0.2) is 11.8 Å². The molecule has 9 nitrogen and oxygen atoms in total. The van der Waals surface area contributed by atoms with Crippen LogP contribution in [0.1, 0.15) is 83.2 Å². The molecule has 250 valence electrons. The van der Waals surface area contributed by atoms with E-state index in [0.29, 0.717) is 54.9 Å². The van der Waals surface area contributed by atoms with Gasteiger partial charge < -0.3 is 24.2 Å². The third-order valence-electron chi connectivity index (χ3n) is 9.30. The van der Waals surface area contributed by atoms with Crippen molar-refractivity contribution in [3.8, 4) is 28.1 Å². The summed E-state index contributed by atoms with van der Waals surface area (Å²) >= 11 is 0. The van der Waals surface area contributed by atoms with Crippen LogP contribution in [0.2, 0.25) is 0 Å². The number of hydrogen-bond donors (Lipinski definition) is 1. The molecule has 6 bridgehead atoms. The molecule has 0 spiro atoms. The number of anilines is 1. The molecule has 2 aromatic heterocycles. The lowest BCUT2D eigenvalue weighted by Crippen LogP contribution is -2.46. The Morgan fingerprint density at radius 1 is 1.09 bits per heavy atom. The first-order chi connectivity index (χ1) is 22.3. The highest BCUT2D eigenvalue weighted by Gasteiger charge is 2.38. The summed E-state index contributed by atoms with van der Waals surface area (Å²) in [5.41, 5.74) is 5.78. The molecule has 0 saturated carbocycles. The number of rotatable bonds is 3. The number of ether oxygens (including phenoxy) is 3. The lowest BCUT2D eigenvalue weighted by Gasteiger charge is -2.41. The summed E-state index contributed by atoms with van der Waals surface area (Å²) < 4.78 is 21.0. The van der Waals surface area contributed by atoms with E-state index in [0.717, 1.165) is 59.4 Å². The number of carboxylic acid groups (broad SMARTS) is 1. The predicted octanol–water partition coefficient (Wildman–Crippen LogP) is 7.81. The van der Waals surface area contributed by atoms with Crippen LogP contribution >= 0.6 is 0 Å². The van der Waals surface area contributed by atoms with Gasteiger partial charge in [-0.05, 0) is 96.9 Å². The fraction of sp³-hybridized carbons (Fsp3) is 0.500. The summed E-state index contributed by atoms with van der Waals surface area (Å²) in [5, 5.41) is 15.6. The maximum Gasteiger partial charge on any atom is 0.337 e. The van der Waals surface area contributed by atoms with Crippen molar-refractivity contribution in [3.05, 3.63) is 65.4 Å². The van der Waals surface area contributed by atoms with E-state index in [1.165, 1.54) is 0 Å². The van der Waals surface area contributed by atoms with Crippen molar-refractivity contribution >= 4 is 17.4 Å². The smallest absolute Gasteiger partial charge is 0.337 e. The SMILES string of the molecule is Cc1ccc2c(c1)-c1cccc(c1)-c1cc3nc(C)c(C(OC(C)(C)C)C(=O)O)c(n3n1)N1CCC(C)(CC1)OCCCC(C)CO2. The lowest BCUT2D eigenvalue weighted by atomic mass is 9.92. The topological polar surface area (TPSA) is 98.4 Å². The summed E-state index contributed by atoms with van der Waals surface area (Å²) in [6.07, 6.45) is 2.37. The number of hydrogen-bond acceptors (Lipinski definition) is 7. The third kappa shape index (κ3) is 7.16. The fourth-order valence-electron chi connectivity index (χ4n) is 6.70. The summed E-state index contributed by atoms with van der Waals surface area (Å²) in [6.45, 7) is 16.7. The molecule has 7 rings (SSSR count). The molecule has 0 aliphatic carbocycles. The van der Waals surface area contributed by atoms with E-state index in [9.17, 15) is 9.90 Å². The molecule has 9 heteroatoms. The zero-order valence-corrected chi connectivity index (χ0v) is 28.8. The van der Waals surface area contributed by atoms with Gasteiger partial charge in [0.2, 0.25) is 0 Å². The Balaban J connectivity index is 1.53. The standard InChI is InChI=1S/C38H48N4O5/c1-24-13-14-31-29(20-24)27-11-8-12-28(21-27)30-22-32-39-26(3)33(34(36(43)44)47-37(4,5)6)35(42(32)40-30)41-17-15-38(7,16-18-41)46-19-9-10-25(2)23-45-31/h8,11-14,20-22,25,34H,9-10,15-19,23H2,1-7H3,(H,43,44). The number of nitrogens with zero attached hydrogens (tertiary/aromatic N) is 4. The molecule has 0 amide bonds. The molecule has 2 unspecified atom stereocenters. The molecule has 5 heterocycles. The van der Waals surface area contributed by atoms with Gasteiger partial charge in [0.1, 0.15) is 11.6 Å². The monoisotopic (exact) mass is 640 g/mol. The summed E-state index contributed by atoms with van der Waals surface area (Å²) in [7, 11) is 0. The number of carbonyl (C=O) groups is 1. The second-order valence-electron chi connectivity index (χ2n) is 14.6. The van der Waals surface area contributed by atoms with E-state index in [2.05, 4.69) is 62.1 Å². The van der Waals surface area contributed by atoms with E-state index in [4.69, 9.17) is 24.3 Å². The van der Waals surface area contributed by atoms with Crippen LogP contribution in [0.4, 0.5) is 5.82 Å². The van der Waals surface area contributed by atoms with E-state index >= 15 is 0 Å². The molecule has 2 atom stereocenters. The zero-order valence-electron chi connectivity index (χ0n) is 28.8. The van der Waals surface area contributed by atoms with E-state index in [-0.39, 0.29) is 5.60 Å². The maximum atomic E-state index is 12.8. The second-order valence-corrected chi connectivity index (χ2v) is 14.6. The zero-order chi connectivity index (χ0) is 33.5. The first-order valence-corrected chi connectivity index (χ1v) is 16.8. The van der Waals surface area contributed by atoms with Crippen LogP contribution in [0.3, 0.4) is 0 Å². The Morgan fingerprint density at radius 2 is 1.83 bits per heavy atom. The van der Waals surface area contributed by atoms with Crippen molar-refractivity contribution in [2.24, 2.45) is 5.92 Å². The van der Waals surface area contributed by atoms with Crippen LogP contribution in [-0.2, 0) is 14.3 Å². The van der Waals surface area contributed by atoms with E-state index in [1.54, 1.807) is 0 Å². The molecule has 1 saturated heterocycles. The van der Waals surface area contributed by atoms with E-state index < -0.39 is 17.7 Å². The third-order valence-corrected chi connectivity index (χ3v) is 9.30. The van der Waals surface area contributed by atoms with Crippen LogP contribution in [0.25, 0.3) is 28.0 Å². The Hall–Kier alpha value is -3.95. The van der Waals surface area contributed by atoms with Crippen molar-refractivity contribution in [2.45, 2.75) is 91.5 Å². The molecule has 2 aromatic carbocycles. The van der Waals surface area contributed by atoms with Gasteiger partial charge in [-0.1, -0.05) is 36.8 Å². The molecule has 3 aliphatic heterocycles. The van der Waals surface area contributed by atoms with Gasteiger partial charge in [0.25, 0.3) is 0 Å². The van der Waals surface area contributed by atoms with Crippen LogP contribution in [0, 0.1) is 19.8 Å². The molecule has 47 heavy (non-hydrogen) atoms. The maximum absolute atomic E-state index is 12.8. The van der Waals surface area contributed by atoms with Crippen LogP contribution in [0.15, 0.2) is 48.5 Å². The minimum Gasteiger partial charge on any atom is -0.493 e. The highest BCUT2D eigenvalue weighted by Crippen LogP contribution is 2.39. The Kier molecular flexibility index (Phi) is 9.06. The minimum absolute atomic E-state index is 0.265. The molecule has 4 aromatic rings. The number of aliphatic carboxylic acids is 1. The number of carboxylic acids is 1. The molecule has 1 N–H and O–H groups in total. The number of fused-ring (bicyclic) bond motifs is 8. The van der Waals surface area contributed by atoms with Crippen molar-refractivity contribution < 1.29 is 24.1 Å². The Morgan fingerprint density at radius 3 is 2.55 bits per heavy atom. The Bertz CT molecular complexity index is 1770. The van der Waals surface area contributed by atoms with Gasteiger partial charge >= 0.3 is 5.97 Å². The minimum atomic E-state index is -1.21. The van der Waals surface area contributed by atoms with Crippen LogP contribution in [0.5, 0.6) is 5.75 Å². The van der Waals surface area contributed by atoms with Crippen molar-refractivity contribution in [1.29, 1.82) is 0 Å². The molecule has 1 fully saturated rings. The predicted molar refractivity (Wildman–Crippen MR) is 184 cm³/mol. The highest BCUT2D eigenvalue weighted by molar-refractivity contribution is 5.80. The van der Waals surface area contributed by atoms with Crippen molar-refractivity contribution in [1.82, 2.24) is 14.6 Å². The number of aryl methyl sites for hydroxylation is 2. The number of benzene rings is 2. The van der Waals surface area contributed by atoms with Crippen molar-refractivity contribution in [3.63, 3.8) is 0 Å². The van der Waals surface area contributed by atoms with Gasteiger partial charge in [-0.2, -0.15) is 9.61 Å². The average molecular weight is 641 g/mol.